The predicted molar refractivity (Wildman–Crippen MR) is 122 cm³/mol. The van der Waals surface area contributed by atoms with E-state index >= 15 is 0 Å². The van der Waals surface area contributed by atoms with Gasteiger partial charge < -0.3 is 9.25 Å². The Morgan fingerprint density at radius 1 is 0.935 bits per heavy atom. The van der Waals surface area contributed by atoms with Crippen LogP contribution in [0.4, 0.5) is 0 Å². The number of benzene rings is 1. The summed E-state index contributed by atoms with van der Waals surface area (Å²) < 4.78 is 6.34. The molecule has 5 rings (SSSR count). The van der Waals surface area contributed by atoms with Crippen molar-refractivity contribution in [1.29, 1.82) is 0 Å². The van der Waals surface area contributed by atoms with E-state index in [9.17, 15) is 0 Å². The van der Waals surface area contributed by atoms with Crippen molar-refractivity contribution in [3.8, 4) is 33.8 Å². The summed E-state index contributed by atoms with van der Waals surface area (Å²) in [6, 6.07) is 12.4. The molecule has 6 nitrogen and oxygen atoms in total. The van der Waals surface area contributed by atoms with Crippen LogP contribution in [-0.4, -0.2) is 34.0 Å². The lowest BCUT2D eigenvalue weighted by molar-refractivity contribution is 0.213. The van der Waals surface area contributed by atoms with Crippen LogP contribution in [0.1, 0.15) is 17.5 Å². The zero-order valence-corrected chi connectivity index (χ0v) is 18.0. The fourth-order valence-electron chi connectivity index (χ4n) is 3.86. The third-order valence-electron chi connectivity index (χ3n) is 5.33. The molecule has 1 aromatic carbocycles. The number of aromatic nitrogens is 3. The molecular weight excluding hydrogens is 408 g/mol. The van der Waals surface area contributed by atoms with E-state index in [2.05, 4.69) is 44.4 Å². The van der Waals surface area contributed by atoms with Gasteiger partial charge in [-0.2, -0.15) is 0 Å². The van der Waals surface area contributed by atoms with Gasteiger partial charge in [0, 0.05) is 41.5 Å². The molecule has 0 atom stereocenters. The number of pyridine rings is 1. The van der Waals surface area contributed by atoms with E-state index in [-0.39, 0.29) is 0 Å². The van der Waals surface area contributed by atoms with Gasteiger partial charge in [0.15, 0.2) is 5.16 Å². The topological polar surface area (TPSA) is 73.4 Å². The summed E-state index contributed by atoms with van der Waals surface area (Å²) in [7, 11) is 1.59. The highest BCUT2D eigenvalue weighted by atomic mass is 32.2. The van der Waals surface area contributed by atoms with E-state index < -0.39 is 0 Å². The smallest absolute Gasteiger partial charge is 0.187 e. The third-order valence-corrected chi connectivity index (χ3v) is 5.91. The SMILES string of the molecule is CON=C1CCc2cc(-c3cc(-c4cnc(SC)nc4)oc3-c3ccncc3)ccc21. The fraction of sp³-hybridized carbons (Fsp3) is 0.167. The zero-order valence-electron chi connectivity index (χ0n) is 17.2. The molecule has 0 saturated heterocycles. The summed E-state index contributed by atoms with van der Waals surface area (Å²) in [6.07, 6.45) is 10.9. The van der Waals surface area contributed by atoms with Crippen molar-refractivity contribution in [3.05, 3.63) is 72.3 Å². The Balaban J connectivity index is 1.62. The Bertz CT molecular complexity index is 1250. The Labute approximate surface area is 184 Å². The van der Waals surface area contributed by atoms with E-state index in [4.69, 9.17) is 9.25 Å². The molecule has 1 aliphatic carbocycles. The molecule has 4 aromatic rings. The Hall–Kier alpha value is -3.45. The maximum Gasteiger partial charge on any atom is 0.187 e. The molecule has 31 heavy (non-hydrogen) atoms. The van der Waals surface area contributed by atoms with Crippen LogP contribution in [0.2, 0.25) is 0 Å². The highest BCUT2D eigenvalue weighted by molar-refractivity contribution is 7.98. The Morgan fingerprint density at radius 2 is 1.74 bits per heavy atom. The minimum atomic E-state index is 0.733. The van der Waals surface area contributed by atoms with Gasteiger partial charge in [0.1, 0.15) is 18.6 Å². The molecule has 154 valence electrons. The van der Waals surface area contributed by atoms with Crippen molar-refractivity contribution in [2.75, 3.05) is 13.4 Å². The second-order valence-electron chi connectivity index (χ2n) is 7.14. The zero-order chi connectivity index (χ0) is 21.2. The maximum absolute atomic E-state index is 6.34. The Morgan fingerprint density at radius 3 is 2.48 bits per heavy atom. The van der Waals surface area contributed by atoms with Gasteiger partial charge in [0.25, 0.3) is 0 Å². The largest absolute Gasteiger partial charge is 0.455 e. The average molecular weight is 429 g/mol. The van der Waals surface area contributed by atoms with Gasteiger partial charge >= 0.3 is 0 Å². The molecule has 0 fully saturated rings. The van der Waals surface area contributed by atoms with Crippen molar-refractivity contribution < 1.29 is 9.25 Å². The van der Waals surface area contributed by atoms with Crippen molar-refractivity contribution >= 4 is 17.5 Å². The van der Waals surface area contributed by atoms with Crippen LogP contribution in [0.25, 0.3) is 33.8 Å². The quantitative estimate of drug-likeness (QED) is 0.238. The summed E-state index contributed by atoms with van der Waals surface area (Å²) in [5, 5.41) is 4.90. The van der Waals surface area contributed by atoms with E-state index in [0.29, 0.717) is 0 Å². The highest BCUT2D eigenvalue weighted by Gasteiger charge is 2.22. The summed E-state index contributed by atoms with van der Waals surface area (Å²) >= 11 is 1.51. The molecule has 0 unspecified atom stereocenters. The average Bonchev–Trinajstić information content (AvgIpc) is 3.44. The molecule has 0 aliphatic heterocycles. The summed E-state index contributed by atoms with van der Waals surface area (Å²) in [4.78, 5) is 17.9. The number of furan rings is 1. The first-order valence-corrected chi connectivity index (χ1v) is 11.1. The number of aryl methyl sites for hydroxylation is 1. The summed E-state index contributed by atoms with van der Waals surface area (Å²) in [6.45, 7) is 0. The molecule has 3 heterocycles. The lowest BCUT2D eigenvalue weighted by Gasteiger charge is -2.06. The number of thioether (sulfide) groups is 1. The van der Waals surface area contributed by atoms with Gasteiger partial charge in [-0.05, 0) is 48.4 Å². The van der Waals surface area contributed by atoms with Crippen molar-refractivity contribution in [2.24, 2.45) is 5.16 Å². The number of hydrogen-bond donors (Lipinski definition) is 0. The monoisotopic (exact) mass is 428 g/mol. The van der Waals surface area contributed by atoms with Crippen LogP contribution in [0, 0.1) is 0 Å². The number of nitrogens with zero attached hydrogens (tertiary/aromatic N) is 4. The molecule has 0 spiro atoms. The molecule has 3 aromatic heterocycles. The van der Waals surface area contributed by atoms with Crippen molar-refractivity contribution in [2.45, 2.75) is 18.0 Å². The van der Waals surface area contributed by atoms with Crippen LogP contribution in [0.5, 0.6) is 0 Å². The van der Waals surface area contributed by atoms with Gasteiger partial charge in [0.2, 0.25) is 0 Å². The van der Waals surface area contributed by atoms with Crippen LogP contribution < -0.4 is 0 Å². The molecule has 1 aliphatic rings. The van der Waals surface area contributed by atoms with Crippen LogP contribution in [0.3, 0.4) is 0 Å². The number of fused-ring (bicyclic) bond motifs is 1. The van der Waals surface area contributed by atoms with E-state index in [1.807, 2.05) is 18.4 Å². The lowest BCUT2D eigenvalue weighted by atomic mass is 9.98. The molecule has 7 heteroatoms. The van der Waals surface area contributed by atoms with E-state index in [1.54, 1.807) is 31.9 Å². The first-order valence-electron chi connectivity index (χ1n) is 9.91. The highest BCUT2D eigenvalue weighted by Crippen LogP contribution is 2.40. The number of oxime groups is 1. The van der Waals surface area contributed by atoms with Crippen molar-refractivity contribution in [1.82, 2.24) is 15.0 Å². The van der Waals surface area contributed by atoms with Crippen molar-refractivity contribution in [3.63, 3.8) is 0 Å². The fourth-order valence-corrected chi connectivity index (χ4v) is 4.17. The second-order valence-corrected chi connectivity index (χ2v) is 7.91. The van der Waals surface area contributed by atoms with Gasteiger partial charge in [-0.15, -0.1) is 0 Å². The van der Waals surface area contributed by atoms with Crippen LogP contribution in [-0.2, 0) is 11.3 Å². The first kappa shape index (κ1) is 19.5. The first-order chi connectivity index (χ1) is 15.3. The molecule has 0 radical (unpaired) electrons. The van der Waals surface area contributed by atoms with E-state index in [1.165, 1.54) is 17.3 Å². The molecule has 0 N–H and O–H groups in total. The molecule has 0 saturated carbocycles. The normalized spacial score (nSPS) is 14.1. The maximum atomic E-state index is 6.34. The van der Waals surface area contributed by atoms with Gasteiger partial charge in [0.05, 0.1) is 11.3 Å². The minimum Gasteiger partial charge on any atom is -0.455 e. The lowest BCUT2D eigenvalue weighted by Crippen LogP contribution is -1.95. The predicted octanol–water partition coefficient (Wildman–Crippen LogP) is 5.48. The molecule has 0 amide bonds. The number of rotatable bonds is 5. The van der Waals surface area contributed by atoms with E-state index in [0.717, 1.165) is 63.0 Å². The second kappa shape index (κ2) is 8.35. The summed E-state index contributed by atoms with van der Waals surface area (Å²) in [5.41, 5.74) is 7.36. The third kappa shape index (κ3) is 3.72. The summed E-state index contributed by atoms with van der Waals surface area (Å²) in [5.74, 6) is 1.53. The van der Waals surface area contributed by atoms with Crippen LogP contribution >= 0.6 is 11.8 Å². The minimum absolute atomic E-state index is 0.733. The van der Waals surface area contributed by atoms with Gasteiger partial charge in [-0.1, -0.05) is 35.1 Å². The molecule has 0 bridgehead atoms. The van der Waals surface area contributed by atoms with Gasteiger partial charge in [-0.3, -0.25) is 4.98 Å². The van der Waals surface area contributed by atoms with Crippen LogP contribution in [0.15, 0.2) is 75.9 Å². The standard InChI is InChI=1S/C24H20N4O2S/c1-29-28-21-6-4-16-11-17(3-5-19(16)21)20-12-22(18-13-26-24(31-2)27-14-18)30-23(20)15-7-9-25-10-8-15/h3,5,7-14H,4,6H2,1-2H3. The molecular formula is C24H20N4O2S. The Kier molecular flexibility index (Phi) is 5.26. The van der Waals surface area contributed by atoms with Gasteiger partial charge in [-0.25, -0.2) is 9.97 Å². The number of hydrogen-bond acceptors (Lipinski definition) is 7.